The third-order valence-electron chi connectivity index (χ3n) is 1.88. The number of carbonyl (C=O) groups excluding carboxylic acids is 1. The van der Waals surface area contributed by atoms with Crippen molar-refractivity contribution in [2.45, 2.75) is 26.3 Å². The van der Waals surface area contributed by atoms with Crippen molar-refractivity contribution in [3.8, 4) is 0 Å². The van der Waals surface area contributed by atoms with E-state index in [1.807, 2.05) is 0 Å². The number of nitrogens with zero attached hydrogens (tertiary/aromatic N) is 1. The van der Waals surface area contributed by atoms with Gasteiger partial charge in [-0.3, -0.25) is 5.41 Å². The maximum absolute atomic E-state index is 11.8. The summed E-state index contributed by atoms with van der Waals surface area (Å²) in [6, 6.07) is -0.364. The quantitative estimate of drug-likeness (QED) is 0.446. The summed E-state index contributed by atoms with van der Waals surface area (Å²) in [5, 5.41) is 7.06. The Morgan fingerprint density at radius 3 is 2.41 bits per heavy atom. The molecule has 0 radical (unpaired) electrons. The summed E-state index contributed by atoms with van der Waals surface area (Å²) in [7, 11) is -2.90. The molecule has 0 saturated heterocycles. The minimum atomic E-state index is -3.97. The second-order valence-corrected chi connectivity index (χ2v) is 5.20. The molecule has 1 amide bonds. The predicted molar refractivity (Wildman–Crippen MR) is 62.8 cm³/mol. The van der Waals surface area contributed by atoms with Crippen LogP contribution in [0.2, 0.25) is 0 Å². The van der Waals surface area contributed by atoms with E-state index in [2.05, 4.69) is 4.74 Å². The summed E-state index contributed by atoms with van der Waals surface area (Å²) < 4.78 is 30.5. The van der Waals surface area contributed by atoms with Crippen molar-refractivity contribution in [2.75, 3.05) is 13.7 Å². The molecule has 0 rings (SSSR count). The van der Waals surface area contributed by atoms with Gasteiger partial charge in [-0.05, 0) is 13.8 Å². The maximum atomic E-state index is 11.8. The molecule has 0 bridgehead atoms. The maximum Gasteiger partial charge on any atom is 0.421 e. The highest BCUT2D eigenvalue weighted by Crippen LogP contribution is 2.06. The van der Waals surface area contributed by atoms with Crippen molar-refractivity contribution in [3.63, 3.8) is 0 Å². The van der Waals surface area contributed by atoms with Gasteiger partial charge in [-0.2, -0.15) is 12.7 Å². The zero-order valence-corrected chi connectivity index (χ0v) is 10.9. The minimum absolute atomic E-state index is 0.0271. The lowest BCUT2D eigenvalue weighted by atomic mass is 10.3. The lowest BCUT2D eigenvalue weighted by molar-refractivity contribution is 0.176. The summed E-state index contributed by atoms with van der Waals surface area (Å²) in [5.74, 6) is -0.121. The number of nitrogens with one attached hydrogen (secondary N) is 2. The zero-order valence-electron chi connectivity index (χ0n) is 10.1. The van der Waals surface area contributed by atoms with Gasteiger partial charge in [0.25, 0.3) is 0 Å². The number of amidine groups is 1. The van der Waals surface area contributed by atoms with E-state index in [4.69, 9.17) is 11.1 Å². The highest BCUT2D eigenvalue weighted by Gasteiger charge is 2.26. The molecule has 0 saturated carbocycles. The summed E-state index contributed by atoms with van der Waals surface area (Å²) in [5.41, 5.74) is 5.16. The Kier molecular flexibility index (Phi) is 5.89. The fourth-order valence-corrected chi connectivity index (χ4v) is 2.39. The molecule has 0 heterocycles. The number of carbonyl (C=O) groups is 1. The number of hydrogen-bond acceptors (Lipinski definition) is 5. The standard InChI is InChI=1S/C8H18N4O4S/c1-6(2)12(5-4-7(9)10)17(14,15)11-8(13)16-3/h6H,4-5H2,1-3H3,(H3,9,10)(H,11,13). The smallest absolute Gasteiger partial charge is 0.421 e. The largest absolute Gasteiger partial charge is 0.452 e. The average molecular weight is 266 g/mol. The van der Waals surface area contributed by atoms with Gasteiger partial charge in [0.2, 0.25) is 0 Å². The summed E-state index contributed by atoms with van der Waals surface area (Å²) >= 11 is 0. The van der Waals surface area contributed by atoms with Crippen molar-refractivity contribution in [1.29, 1.82) is 5.41 Å². The lowest BCUT2D eigenvalue weighted by Gasteiger charge is -2.25. The minimum Gasteiger partial charge on any atom is -0.452 e. The van der Waals surface area contributed by atoms with Crippen LogP contribution in [0, 0.1) is 5.41 Å². The van der Waals surface area contributed by atoms with E-state index in [0.29, 0.717) is 0 Å². The van der Waals surface area contributed by atoms with Crippen LogP contribution >= 0.6 is 0 Å². The molecule has 0 unspecified atom stereocenters. The summed E-state index contributed by atoms with van der Waals surface area (Å²) in [4.78, 5) is 10.9. The fourth-order valence-electron chi connectivity index (χ4n) is 1.09. The molecule has 8 nitrogen and oxygen atoms in total. The molecular formula is C8H18N4O4S. The van der Waals surface area contributed by atoms with E-state index in [1.54, 1.807) is 18.6 Å². The van der Waals surface area contributed by atoms with Crippen LogP contribution in [-0.2, 0) is 14.9 Å². The Morgan fingerprint density at radius 1 is 1.53 bits per heavy atom. The van der Waals surface area contributed by atoms with Crippen LogP contribution in [0.25, 0.3) is 0 Å². The second-order valence-electron chi connectivity index (χ2n) is 3.58. The molecule has 0 fully saturated rings. The number of methoxy groups -OCH3 is 1. The monoisotopic (exact) mass is 266 g/mol. The molecule has 0 aromatic carbocycles. The van der Waals surface area contributed by atoms with Crippen LogP contribution in [0.4, 0.5) is 4.79 Å². The third-order valence-corrected chi connectivity index (χ3v) is 3.53. The van der Waals surface area contributed by atoms with E-state index < -0.39 is 16.3 Å². The van der Waals surface area contributed by atoms with Gasteiger partial charge in [0.15, 0.2) is 0 Å². The molecule has 100 valence electrons. The van der Waals surface area contributed by atoms with E-state index in [0.717, 1.165) is 11.4 Å². The van der Waals surface area contributed by atoms with Gasteiger partial charge in [-0.15, -0.1) is 0 Å². The fraction of sp³-hybridized carbons (Fsp3) is 0.750. The van der Waals surface area contributed by atoms with Crippen molar-refractivity contribution in [3.05, 3.63) is 0 Å². The Bertz CT molecular complexity index is 379. The van der Waals surface area contributed by atoms with Gasteiger partial charge in [0.1, 0.15) is 0 Å². The van der Waals surface area contributed by atoms with E-state index in [9.17, 15) is 13.2 Å². The van der Waals surface area contributed by atoms with Crippen LogP contribution in [0.3, 0.4) is 0 Å². The SMILES string of the molecule is COC(=O)NS(=O)(=O)N(CCC(=N)N)C(C)C. The summed E-state index contributed by atoms with van der Waals surface area (Å²) in [6.45, 7) is 3.33. The first-order valence-electron chi connectivity index (χ1n) is 4.91. The topological polar surface area (TPSA) is 126 Å². The van der Waals surface area contributed by atoms with E-state index in [1.165, 1.54) is 0 Å². The first kappa shape index (κ1) is 15.7. The molecule has 0 aliphatic carbocycles. The van der Waals surface area contributed by atoms with Crippen LogP contribution in [0.5, 0.6) is 0 Å². The first-order chi connectivity index (χ1) is 7.70. The number of rotatable bonds is 6. The van der Waals surface area contributed by atoms with Crippen molar-refractivity contribution in [2.24, 2.45) is 5.73 Å². The predicted octanol–water partition coefficient (Wildman–Crippen LogP) is -0.376. The van der Waals surface area contributed by atoms with Crippen molar-refractivity contribution >= 4 is 22.1 Å². The molecule has 0 spiro atoms. The number of amides is 1. The van der Waals surface area contributed by atoms with Gasteiger partial charge in [-0.25, -0.2) is 9.52 Å². The molecule has 0 aromatic rings. The molecule has 0 aliphatic heterocycles. The van der Waals surface area contributed by atoms with Gasteiger partial charge >= 0.3 is 16.3 Å². The molecule has 0 aliphatic rings. The van der Waals surface area contributed by atoms with Gasteiger partial charge < -0.3 is 10.5 Å². The normalized spacial score (nSPS) is 11.6. The van der Waals surface area contributed by atoms with E-state index in [-0.39, 0.29) is 24.8 Å². The van der Waals surface area contributed by atoms with Crippen LogP contribution < -0.4 is 10.5 Å². The zero-order chi connectivity index (χ0) is 13.6. The molecule has 0 aromatic heterocycles. The van der Waals surface area contributed by atoms with Crippen molar-refractivity contribution < 1.29 is 17.9 Å². The molecule has 4 N–H and O–H groups in total. The number of nitrogens with two attached hydrogens (primary N) is 1. The number of ether oxygens (including phenoxy) is 1. The first-order valence-corrected chi connectivity index (χ1v) is 6.35. The second kappa shape index (κ2) is 6.40. The van der Waals surface area contributed by atoms with E-state index >= 15 is 0 Å². The summed E-state index contributed by atoms with van der Waals surface area (Å²) in [6.07, 6.45) is -0.959. The number of hydrogen-bond donors (Lipinski definition) is 3. The van der Waals surface area contributed by atoms with Crippen LogP contribution in [-0.4, -0.2) is 44.3 Å². The highest BCUT2D eigenvalue weighted by molar-refractivity contribution is 7.87. The molecular weight excluding hydrogens is 248 g/mol. The lowest BCUT2D eigenvalue weighted by Crippen LogP contribution is -2.47. The van der Waals surface area contributed by atoms with Gasteiger partial charge in [0.05, 0.1) is 12.9 Å². The Hall–Kier alpha value is -1.35. The van der Waals surface area contributed by atoms with Crippen LogP contribution in [0.15, 0.2) is 0 Å². The Labute approximate surface area is 101 Å². The van der Waals surface area contributed by atoms with Crippen LogP contribution in [0.1, 0.15) is 20.3 Å². The Balaban J connectivity index is 4.79. The molecule has 9 heteroatoms. The molecule has 0 atom stereocenters. The van der Waals surface area contributed by atoms with Crippen molar-refractivity contribution in [1.82, 2.24) is 9.03 Å². The van der Waals surface area contributed by atoms with Gasteiger partial charge in [0, 0.05) is 19.0 Å². The molecule has 17 heavy (non-hydrogen) atoms. The average Bonchev–Trinajstić information content (AvgIpc) is 2.15. The van der Waals surface area contributed by atoms with Gasteiger partial charge in [-0.1, -0.05) is 0 Å². The Morgan fingerprint density at radius 2 is 2.06 bits per heavy atom. The highest BCUT2D eigenvalue weighted by atomic mass is 32.2. The third kappa shape index (κ3) is 5.50.